The number of amides is 1. The van der Waals surface area contributed by atoms with E-state index in [2.05, 4.69) is 67.4 Å². The molecular formula is C26H28BrN3O2. The number of rotatable bonds is 7. The number of carbonyl (C=O) groups excluding carboxylic acids is 1. The Labute approximate surface area is 198 Å². The minimum Gasteiger partial charge on any atom is -0.444 e. The normalized spacial score (nSPS) is 14.8. The number of halogens is 1. The van der Waals surface area contributed by atoms with Gasteiger partial charge in [0, 0.05) is 49.4 Å². The van der Waals surface area contributed by atoms with Crippen LogP contribution in [0.1, 0.15) is 16.7 Å². The molecule has 166 valence electrons. The van der Waals surface area contributed by atoms with Crippen molar-refractivity contribution in [2.45, 2.75) is 19.7 Å². The van der Waals surface area contributed by atoms with Crippen molar-refractivity contribution in [3.8, 4) is 0 Å². The van der Waals surface area contributed by atoms with Gasteiger partial charge in [-0.25, -0.2) is 4.79 Å². The summed E-state index contributed by atoms with van der Waals surface area (Å²) >= 11 is 3.51. The van der Waals surface area contributed by atoms with Gasteiger partial charge in [-0.1, -0.05) is 82.7 Å². The van der Waals surface area contributed by atoms with E-state index in [9.17, 15) is 4.79 Å². The molecule has 0 spiro atoms. The van der Waals surface area contributed by atoms with Gasteiger partial charge in [-0.15, -0.1) is 0 Å². The summed E-state index contributed by atoms with van der Waals surface area (Å²) in [4.78, 5) is 17.3. The Kier molecular flexibility index (Phi) is 7.93. The second-order valence-corrected chi connectivity index (χ2v) is 8.94. The third-order valence-corrected chi connectivity index (χ3v) is 6.12. The lowest BCUT2D eigenvalue weighted by molar-refractivity contribution is 0.122. The smallest absolute Gasteiger partial charge is 0.411 e. The summed E-state index contributed by atoms with van der Waals surface area (Å²) in [6.45, 7) is 6.11. The van der Waals surface area contributed by atoms with Crippen LogP contribution >= 0.6 is 15.9 Å². The van der Waals surface area contributed by atoms with Gasteiger partial charge in [0.25, 0.3) is 0 Å². The van der Waals surface area contributed by atoms with E-state index in [4.69, 9.17) is 4.74 Å². The second kappa shape index (κ2) is 11.3. The zero-order valence-corrected chi connectivity index (χ0v) is 19.6. The summed E-state index contributed by atoms with van der Waals surface area (Å²) in [7, 11) is 0. The third-order valence-electron chi connectivity index (χ3n) is 5.63. The molecule has 0 radical (unpaired) electrons. The third kappa shape index (κ3) is 6.66. The summed E-state index contributed by atoms with van der Waals surface area (Å²) in [6, 6.07) is 26.3. The van der Waals surface area contributed by atoms with Gasteiger partial charge >= 0.3 is 6.09 Å². The van der Waals surface area contributed by atoms with Crippen LogP contribution in [0.25, 0.3) is 0 Å². The van der Waals surface area contributed by atoms with Crippen molar-refractivity contribution in [1.29, 1.82) is 0 Å². The molecule has 0 unspecified atom stereocenters. The molecule has 32 heavy (non-hydrogen) atoms. The quantitative estimate of drug-likeness (QED) is 0.470. The topological polar surface area (TPSA) is 44.8 Å². The van der Waals surface area contributed by atoms with Gasteiger partial charge in [-0.2, -0.15) is 0 Å². The highest BCUT2D eigenvalue weighted by Crippen LogP contribution is 2.24. The second-order valence-electron chi connectivity index (χ2n) is 8.03. The highest BCUT2D eigenvalue weighted by molar-refractivity contribution is 9.10. The highest BCUT2D eigenvalue weighted by atomic mass is 79.9. The predicted molar refractivity (Wildman–Crippen MR) is 131 cm³/mol. The molecule has 0 aliphatic carbocycles. The zero-order chi connectivity index (χ0) is 22.2. The minimum atomic E-state index is -0.444. The van der Waals surface area contributed by atoms with E-state index in [1.807, 2.05) is 42.5 Å². The number of hydrogen-bond acceptors (Lipinski definition) is 4. The lowest BCUT2D eigenvalue weighted by Gasteiger charge is -2.35. The molecule has 6 heteroatoms. The first-order chi connectivity index (χ1) is 15.7. The Morgan fingerprint density at radius 2 is 1.41 bits per heavy atom. The fourth-order valence-electron chi connectivity index (χ4n) is 3.86. The minimum absolute atomic E-state index is 0.249. The fourth-order valence-corrected chi connectivity index (χ4v) is 4.22. The van der Waals surface area contributed by atoms with Crippen molar-refractivity contribution in [3.05, 3.63) is 100 Å². The molecule has 0 saturated carbocycles. The molecule has 1 heterocycles. The first-order valence-electron chi connectivity index (χ1n) is 10.9. The van der Waals surface area contributed by atoms with Gasteiger partial charge in [-0.05, 0) is 28.8 Å². The molecule has 1 saturated heterocycles. The van der Waals surface area contributed by atoms with E-state index in [1.54, 1.807) is 0 Å². The van der Waals surface area contributed by atoms with Gasteiger partial charge in [0.2, 0.25) is 0 Å². The van der Waals surface area contributed by atoms with Crippen LogP contribution in [0.3, 0.4) is 0 Å². The Bertz CT molecular complexity index is 1010. The first kappa shape index (κ1) is 22.5. The maximum absolute atomic E-state index is 12.4. The lowest BCUT2D eigenvalue weighted by atomic mass is 10.1. The van der Waals surface area contributed by atoms with Crippen molar-refractivity contribution in [2.75, 3.05) is 31.5 Å². The molecule has 1 fully saturated rings. The van der Waals surface area contributed by atoms with E-state index in [0.29, 0.717) is 0 Å². The Balaban J connectivity index is 1.30. The van der Waals surface area contributed by atoms with Gasteiger partial charge in [0.15, 0.2) is 0 Å². The van der Waals surface area contributed by atoms with E-state index in [-0.39, 0.29) is 6.61 Å². The fraction of sp³-hybridized carbons (Fsp3) is 0.269. The van der Waals surface area contributed by atoms with Crippen molar-refractivity contribution >= 4 is 27.7 Å². The summed E-state index contributed by atoms with van der Waals surface area (Å²) in [5.41, 5.74) is 4.19. The van der Waals surface area contributed by atoms with Gasteiger partial charge in [0.1, 0.15) is 6.61 Å². The zero-order valence-electron chi connectivity index (χ0n) is 18.0. The summed E-state index contributed by atoms with van der Waals surface area (Å²) in [5.74, 6) is 0. The van der Waals surface area contributed by atoms with Crippen LogP contribution in [0.2, 0.25) is 0 Å². The standard InChI is InChI=1S/C26H28BrN3O2/c27-24-12-11-23(25(17-24)28-26(31)32-20-22-9-5-2-6-10-22)19-30-15-13-29(14-16-30)18-21-7-3-1-4-8-21/h1-12,17H,13-16,18-20H2,(H,28,31). The molecule has 3 aromatic carbocycles. The van der Waals surface area contributed by atoms with Gasteiger partial charge in [0.05, 0.1) is 0 Å². The average Bonchev–Trinajstić information content (AvgIpc) is 2.82. The van der Waals surface area contributed by atoms with E-state index < -0.39 is 6.09 Å². The number of carbonyl (C=O) groups is 1. The van der Waals surface area contributed by atoms with Crippen LogP contribution in [-0.2, 0) is 24.4 Å². The van der Waals surface area contributed by atoms with Crippen molar-refractivity contribution < 1.29 is 9.53 Å². The summed E-state index contributed by atoms with van der Waals surface area (Å²) in [6.07, 6.45) is -0.444. The summed E-state index contributed by atoms with van der Waals surface area (Å²) < 4.78 is 6.33. The van der Waals surface area contributed by atoms with Crippen LogP contribution in [0.4, 0.5) is 10.5 Å². The molecule has 1 amide bonds. The number of nitrogens with one attached hydrogen (secondary N) is 1. The SMILES string of the molecule is O=C(Nc1cc(Br)ccc1CN1CCN(Cc2ccccc2)CC1)OCc1ccccc1. The van der Waals surface area contributed by atoms with E-state index >= 15 is 0 Å². The summed E-state index contributed by atoms with van der Waals surface area (Å²) in [5, 5.41) is 2.92. The Morgan fingerprint density at radius 3 is 2.06 bits per heavy atom. The number of anilines is 1. The maximum Gasteiger partial charge on any atom is 0.411 e. The van der Waals surface area contributed by atoms with Crippen LogP contribution in [0, 0.1) is 0 Å². The van der Waals surface area contributed by atoms with Gasteiger partial charge in [-0.3, -0.25) is 15.1 Å². The average molecular weight is 494 g/mol. The Morgan fingerprint density at radius 1 is 0.812 bits per heavy atom. The molecule has 0 bridgehead atoms. The molecule has 3 aromatic rings. The van der Waals surface area contributed by atoms with Crippen LogP contribution < -0.4 is 5.32 Å². The monoisotopic (exact) mass is 493 g/mol. The molecule has 0 aromatic heterocycles. The molecule has 1 aliphatic heterocycles. The molecule has 1 aliphatic rings. The van der Waals surface area contributed by atoms with Crippen LogP contribution in [-0.4, -0.2) is 42.1 Å². The number of piperazine rings is 1. The van der Waals surface area contributed by atoms with Crippen molar-refractivity contribution in [3.63, 3.8) is 0 Å². The van der Waals surface area contributed by atoms with Crippen LogP contribution in [0.5, 0.6) is 0 Å². The van der Waals surface area contributed by atoms with E-state index in [0.717, 1.165) is 60.6 Å². The molecule has 1 N–H and O–H groups in total. The lowest BCUT2D eigenvalue weighted by Crippen LogP contribution is -2.45. The van der Waals surface area contributed by atoms with E-state index in [1.165, 1.54) is 5.56 Å². The number of ether oxygens (including phenoxy) is 1. The molecule has 5 nitrogen and oxygen atoms in total. The highest BCUT2D eigenvalue weighted by Gasteiger charge is 2.19. The largest absolute Gasteiger partial charge is 0.444 e. The maximum atomic E-state index is 12.4. The molecule has 4 rings (SSSR count). The number of hydrogen-bond donors (Lipinski definition) is 1. The molecule has 0 atom stereocenters. The first-order valence-corrected chi connectivity index (χ1v) is 11.7. The number of nitrogens with zero attached hydrogens (tertiary/aromatic N) is 2. The van der Waals surface area contributed by atoms with Gasteiger partial charge < -0.3 is 4.74 Å². The number of benzene rings is 3. The van der Waals surface area contributed by atoms with Crippen molar-refractivity contribution in [2.24, 2.45) is 0 Å². The molecular weight excluding hydrogens is 466 g/mol. The van der Waals surface area contributed by atoms with Crippen LogP contribution in [0.15, 0.2) is 83.3 Å². The predicted octanol–water partition coefficient (Wildman–Crippen LogP) is 5.52. The van der Waals surface area contributed by atoms with Crippen molar-refractivity contribution in [1.82, 2.24) is 9.80 Å². The Hall–Kier alpha value is -2.67.